The first-order valence-electron chi connectivity index (χ1n) is 6.36. The van der Waals surface area contributed by atoms with E-state index in [0.717, 1.165) is 32.4 Å². The van der Waals surface area contributed by atoms with Crippen LogP contribution < -0.4 is 16.0 Å². The molecule has 1 saturated heterocycles. The SMILES string of the molecule is CCC(CO)Nc1nc(N)nc(N2CCCC2)n1. The summed E-state index contributed by atoms with van der Waals surface area (Å²) in [6.45, 7) is 3.95. The second-order valence-corrected chi connectivity index (χ2v) is 4.44. The van der Waals surface area contributed by atoms with Crippen LogP contribution in [-0.2, 0) is 0 Å². The normalized spacial score (nSPS) is 16.9. The highest BCUT2D eigenvalue weighted by Crippen LogP contribution is 2.18. The number of nitrogens with one attached hydrogen (secondary N) is 1. The van der Waals surface area contributed by atoms with E-state index in [1.807, 2.05) is 6.92 Å². The fourth-order valence-corrected chi connectivity index (χ4v) is 1.96. The van der Waals surface area contributed by atoms with Crippen LogP contribution in [0.3, 0.4) is 0 Å². The predicted octanol–water partition coefficient (Wildman–Crippen LogP) is 0.237. The van der Waals surface area contributed by atoms with Crippen LogP contribution in [0.1, 0.15) is 26.2 Å². The van der Waals surface area contributed by atoms with Crippen LogP contribution in [0.4, 0.5) is 17.8 Å². The van der Waals surface area contributed by atoms with E-state index in [0.29, 0.717) is 11.9 Å². The number of nitrogen functional groups attached to an aromatic ring is 1. The largest absolute Gasteiger partial charge is 0.394 e. The highest BCUT2D eigenvalue weighted by Gasteiger charge is 2.17. The van der Waals surface area contributed by atoms with Crippen molar-refractivity contribution in [1.82, 2.24) is 15.0 Å². The van der Waals surface area contributed by atoms with Crippen LogP contribution in [-0.4, -0.2) is 45.8 Å². The first kappa shape index (κ1) is 12.8. The van der Waals surface area contributed by atoms with Crippen molar-refractivity contribution >= 4 is 17.8 Å². The summed E-state index contributed by atoms with van der Waals surface area (Å²) in [6.07, 6.45) is 3.10. The number of nitrogens with zero attached hydrogens (tertiary/aromatic N) is 4. The lowest BCUT2D eigenvalue weighted by molar-refractivity contribution is 0.271. The molecular weight excluding hydrogens is 232 g/mol. The maximum Gasteiger partial charge on any atom is 0.231 e. The van der Waals surface area contributed by atoms with E-state index in [-0.39, 0.29) is 18.6 Å². The molecule has 0 radical (unpaired) electrons. The van der Waals surface area contributed by atoms with Crippen molar-refractivity contribution in [2.24, 2.45) is 0 Å². The smallest absolute Gasteiger partial charge is 0.231 e. The van der Waals surface area contributed by atoms with Gasteiger partial charge in [-0.05, 0) is 19.3 Å². The first-order chi connectivity index (χ1) is 8.72. The van der Waals surface area contributed by atoms with Crippen LogP contribution in [0.2, 0.25) is 0 Å². The summed E-state index contributed by atoms with van der Waals surface area (Å²) in [5.41, 5.74) is 5.69. The van der Waals surface area contributed by atoms with Crippen molar-refractivity contribution in [2.45, 2.75) is 32.2 Å². The van der Waals surface area contributed by atoms with Crippen molar-refractivity contribution < 1.29 is 5.11 Å². The lowest BCUT2D eigenvalue weighted by Gasteiger charge is -2.18. The van der Waals surface area contributed by atoms with E-state index >= 15 is 0 Å². The molecule has 1 atom stereocenters. The molecule has 0 bridgehead atoms. The Hall–Kier alpha value is -1.63. The van der Waals surface area contributed by atoms with Crippen LogP contribution in [0.25, 0.3) is 0 Å². The average Bonchev–Trinajstić information content (AvgIpc) is 2.89. The molecule has 0 aliphatic carbocycles. The number of hydrogen-bond acceptors (Lipinski definition) is 7. The minimum atomic E-state index is -0.0572. The molecule has 0 spiro atoms. The monoisotopic (exact) mass is 252 g/mol. The Morgan fingerprint density at radius 3 is 2.67 bits per heavy atom. The van der Waals surface area contributed by atoms with Gasteiger partial charge >= 0.3 is 0 Å². The maximum atomic E-state index is 9.16. The third-order valence-electron chi connectivity index (χ3n) is 3.08. The summed E-state index contributed by atoms with van der Waals surface area (Å²) in [5, 5.41) is 12.2. The standard InChI is InChI=1S/C11H20N6O/c1-2-8(7-18)13-10-14-9(12)15-11(16-10)17-5-3-4-6-17/h8,18H,2-7H2,1H3,(H3,12,13,14,15,16). The molecule has 1 aromatic rings. The number of hydrogen-bond donors (Lipinski definition) is 3. The van der Waals surface area contributed by atoms with Crippen molar-refractivity contribution in [2.75, 3.05) is 35.6 Å². The number of aliphatic hydroxyl groups excluding tert-OH is 1. The number of nitrogens with two attached hydrogens (primary N) is 1. The minimum absolute atomic E-state index is 0.0428. The van der Waals surface area contributed by atoms with Gasteiger partial charge in [0.1, 0.15) is 0 Å². The van der Waals surface area contributed by atoms with E-state index in [9.17, 15) is 0 Å². The molecule has 0 saturated carbocycles. The van der Waals surface area contributed by atoms with Gasteiger partial charge in [0.05, 0.1) is 12.6 Å². The van der Waals surface area contributed by atoms with Gasteiger partial charge in [-0.1, -0.05) is 6.92 Å². The maximum absolute atomic E-state index is 9.16. The Morgan fingerprint density at radius 1 is 1.33 bits per heavy atom. The molecule has 7 heteroatoms. The lowest BCUT2D eigenvalue weighted by atomic mass is 10.2. The fraction of sp³-hybridized carbons (Fsp3) is 0.727. The number of rotatable bonds is 5. The third-order valence-corrected chi connectivity index (χ3v) is 3.08. The van der Waals surface area contributed by atoms with Gasteiger partial charge in [-0.25, -0.2) is 0 Å². The summed E-state index contributed by atoms with van der Waals surface area (Å²) in [5.74, 6) is 1.27. The molecule has 0 aromatic carbocycles. The topological polar surface area (TPSA) is 100 Å². The molecule has 7 nitrogen and oxygen atoms in total. The first-order valence-corrected chi connectivity index (χ1v) is 6.36. The molecule has 1 unspecified atom stereocenters. The molecule has 1 fully saturated rings. The van der Waals surface area contributed by atoms with Crippen molar-refractivity contribution in [1.29, 1.82) is 0 Å². The van der Waals surface area contributed by atoms with Crippen molar-refractivity contribution in [3.05, 3.63) is 0 Å². The zero-order valence-electron chi connectivity index (χ0n) is 10.6. The van der Waals surface area contributed by atoms with Gasteiger partial charge in [0.2, 0.25) is 17.8 Å². The highest BCUT2D eigenvalue weighted by molar-refractivity contribution is 5.42. The van der Waals surface area contributed by atoms with Gasteiger partial charge in [-0.15, -0.1) is 0 Å². The summed E-state index contributed by atoms with van der Waals surface area (Å²) < 4.78 is 0. The highest BCUT2D eigenvalue weighted by atomic mass is 16.3. The summed E-state index contributed by atoms with van der Waals surface area (Å²) in [7, 11) is 0. The van der Waals surface area contributed by atoms with Crippen LogP contribution >= 0.6 is 0 Å². The zero-order valence-corrected chi connectivity index (χ0v) is 10.6. The molecule has 1 aliphatic heterocycles. The van der Waals surface area contributed by atoms with E-state index < -0.39 is 0 Å². The molecule has 1 aliphatic rings. The van der Waals surface area contributed by atoms with Gasteiger partial charge < -0.3 is 21.1 Å². The Bertz CT molecular complexity index is 389. The average molecular weight is 252 g/mol. The summed E-state index contributed by atoms with van der Waals surface area (Å²) in [4.78, 5) is 14.7. The van der Waals surface area contributed by atoms with Gasteiger partial charge in [0.15, 0.2) is 0 Å². The number of aliphatic hydroxyl groups is 1. The van der Waals surface area contributed by atoms with E-state index in [2.05, 4.69) is 25.2 Å². The quantitative estimate of drug-likeness (QED) is 0.690. The van der Waals surface area contributed by atoms with Gasteiger partial charge in [0, 0.05) is 13.1 Å². The predicted molar refractivity (Wildman–Crippen MR) is 70.5 cm³/mol. The molecule has 2 heterocycles. The molecule has 1 aromatic heterocycles. The second kappa shape index (κ2) is 5.81. The van der Waals surface area contributed by atoms with Crippen LogP contribution in [0.5, 0.6) is 0 Å². The Labute approximate surface area is 106 Å². The Morgan fingerprint density at radius 2 is 2.06 bits per heavy atom. The van der Waals surface area contributed by atoms with Gasteiger partial charge in [-0.3, -0.25) is 0 Å². The molecule has 2 rings (SSSR count). The van der Waals surface area contributed by atoms with Gasteiger partial charge in [-0.2, -0.15) is 15.0 Å². The van der Waals surface area contributed by atoms with E-state index in [1.165, 1.54) is 0 Å². The van der Waals surface area contributed by atoms with Crippen molar-refractivity contribution in [3.63, 3.8) is 0 Å². The minimum Gasteiger partial charge on any atom is -0.394 e. The zero-order chi connectivity index (χ0) is 13.0. The second-order valence-electron chi connectivity index (χ2n) is 4.44. The molecule has 18 heavy (non-hydrogen) atoms. The number of anilines is 3. The molecule has 4 N–H and O–H groups in total. The summed E-state index contributed by atoms with van der Waals surface area (Å²) in [6, 6.07) is -0.0572. The summed E-state index contributed by atoms with van der Waals surface area (Å²) >= 11 is 0. The van der Waals surface area contributed by atoms with Crippen LogP contribution in [0, 0.1) is 0 Å². The fourth-order valence-electron chi connectivity index (χ4n) is 1.96. The molecular formula is C11H20N6O. The molecule has 100 valence electrons. The molecule has 0 amide bonds. The lowest BCUT2D eigenvalue weighted by Crippen LogP contribution is -2.26. The third kappa shape index (κ3) is 2.98. The van der Waals surface area contributed by atoms with Crippen molar-refractivity contribution in [3.8, 4) is 0 Å². The Kier molecular flexibility index (Phi) is 4.14. The van der Waals surface area contributed by atoms with Crippen LogP contribution in [0.15, 0.2) is 0 Å². The van der Waals surface area contributed by atoms with E-state index in [1.54, 1.807) is 0 Å². The number of aromatic nitrogens is 3. The van der Waals surface area contributed by atoms with E-state index in [4.69, 9.17) is 10.8 Å². The Balaban J connectivity index is 2.15. The van der Waals surface area contributed by atoms with Gasteiger partial charge in [0.25, 0.3) is 0 Å².